The number of para-hydroxylation sites is 1. The van der Waals surface area contributed by atoms with Crippen molar-refractivity contribution < 1.29 is 13.2 Å². The van der Waals surface area contributed by atoms with Crippen LogP contribution in [0.2, 0.25) is 0 Å². The van der Waals surface area contributed by atoms with E-state index in [1.807, 2.05) is 29.8 Å². The van der Waals surface area contributed by atoms with Gasteiger partial charge in [-0.2, -0.15) is 9.40 Å². The Morgan fingerprint density at radius 3 is 2.32 bits per heavy atom. The number of aromatic nitrogens is 3. The summed E-state index contributed by atoms with van der Waals surface area (Å²) in [7, 11) is -3.74. The number of sulfonamides is 1. The minimum atomic E-state index is -3.74. The van der Waals surface area contributed by atoms with Crippen molar-refractivity contribution in [1.82, 2.24) is 24.0 Å². The third kappa shape index (κ3) is 4.46. The summed E-state index contributed by atoms with van der Waals surface area (Å²) in [5.41, 5.74) is 2.62. The van der Waals surface area contributed by atoms with Gasteiger partial charge in [0.05, 0.1) is 11.1 Å². The number of pyridine rings is 1. The van der Waals surface area contributed by atoms with Crippen molar-refractivity contribution >= 4 is 26.8 Å². The van der Waals surface area contributed by atoms with Crippen LogP contribution in [0.15, 0.2) is 41.4 Å². The fourth-order valence-corrected chi connectivity index (χ4v) is 5.92. The van der Waals surface area contributed by atoms with Crippen molar-refractivity contribution in [3.05, 3.63) is 53.5 Å². The van der Waals surface area contributed by atoms with Crippen molar-refractivity contribution in [1.29, 1.82) is 0 Å². The average Bonchev–Trinajstić information content (AvgIpc) is 3.25. The second-order valence-electron chi connectivity index (χ2n) is 10.2. The highest BCUT2D eigenvalue weighted by Gasteiger charge is 2.33. The summed E-state index contributed by atoms with van der Waals surface area (Å²) in [6.07, 6.45) is 1.68. The molecule has 1 fully saturated rings. The lowest BCUT2D eigenvalue weighted by molar-refractivity contribution is 0.0690. The molecule has 9 heteroatoms. The lowest BCUT2D eigenvalue weighted by Crippen LogP contribution is -2.50. The highest BCUT2D eigenvalue weighted by molar-refractivity contribution is 7.89. The normalized spacial score (nSPS) is 15.9. The summed E-state index contributed by atoms with van der Waals surface area (Å²) in [6, 6.07) is 9.01. The molecule has 1 saturated heterocycles. The Hall–Kier alpha value is -2.78. The van der Waals surface area contributed by atoms with Crippen LogP contribution >= 0.6 is 0 Å². The van der Waals surface area contributed by atoms with E-state index in [1.165, 1.54) is 4.31 Å². The van der Waals surface area contributed by atoms with Crippen molar-refractivity contribution in [2.45, 2.75) is 57.9 Å². The van der Waals surface area contributed by atoms with Gasteiger partial charge in [-0.15, -0.1) is 0 Å². The van der Waals surface area contributed by atoms with Crippen LogP contribution in [0.5, 0.6) is 0 Å². The topological polar surface area (TPSA) is 88.4 Å². The molecule has 0 aliphatic carbocycles. The molecule has 0 radical (unpaired) electrons. The molecule has 4 rings (SSSR count). The molecule has 0 bridgehead atoms. The quantitative estimate of drug-likeness (QED) is 0.564. The number of benzene rings is 1. The van der Waals surface area contributed by atoms with Crippen molar-refractivity contribution in [3.8, 4) is 0 Å². The second-order valence-corrected chi connectivity index (χ2v) is 12.1. The monoisotopic (exact) mass is 483 g/mol. The van der Waals surface area contributed by atoms with Gasteiger partial charge in [-0.25, -0.2) is 8.42 Å². The van der Waals surface area contributed by atoms with Crippen LogP contribution in [0.25, 0.3) is 10.9 Å². The largest absolute Gasteiger partial charge is 0.335 e. The molecule has 1 aromatic carbocycles. The van der Waals surface area contributed by atoms with E-state index in [4.69, 9.17) is 0 Å². The maximum atomic E-state index is 13.4. The Bertz CT molecular complexity index is 1330. The van der Waals surface area contributed by atoms with Crippen LogP contribution in [0.1, 0.15) is 62.3 Å². The smallest absolute Gasteiger partial charge is 0.274 e. The zero-order valence-corrected chi connectivity index (χ0v) is 21.6. The first-order valence-corrected chi connectivity index (χ1v) is 13.1. The number of fused-ring (bicyclic) bond motifs is 1. The summed E-state index contributed by atoms with van der Waals surface area (Å²) in [5, 5.41) is 5.42. The van der Waals surface area contributed by atoms with E-state index >= 15 is 0 Å². The predicted molar refractivity (Wildman–Crippen MR) is 132 cm³/mol. The van der Waals surface area contributed by atoms with Gasteiger partial charge in [0.2, 0.25) is 10.0 Å². The van der Waals surface area contributed by atoms with Gasteiger partial charge in [0.15, 0.2) is 5.69 Å². The third-order valence-corrected chi connectivity index (χ3v) is 8.07. The van der Waals surface area contributed by atoms with E-state index < -0.39 is 10.0 Å². The van der Waals surface area contributed by atoms with Crippen LogP contribution in [-0.4, -0.2) is 64.5 Å². The molecule has 1 amide bonds. The Labute approximate surface area is 201 Å². The molecule has 8 nitrogen and oxygen atoms in total. The van der Waals surface area contributed by atoms with Gasteiger partial charge in [0.25, 0.3) is 5.91 Å². The zero-order valence-electron chi connectivity index (χ0n) is 20.7. The van der Waals surface area contributed by atoms with Crippen LogP contribution in [0, 0.1) is 6.92 Å². The van der Waals surface area contributed by atoms with Crippen LogP contribution in [-0.2, 0) is 15.6 Å². The van der Waals surface area contributed by atoms with Gasteiger partial charge in [0.1, 0.15) is 4.90 Å². The number of hydrogen-bond acceptors (Lipinski definition) is 5. The lowest BCUT2D eigenvalue weighted by atomic mass is 10.1. The van der Waals surface area contributed by atoms with Crippen LogP contribution in [0.3, 0.4) is 0 Å². The lowest BCUT2D eigenvalue weighted by Gasteiger charge is -2.33. The first-order valence-electron chi connectivity index (χ1n) is 11.6. The molecular weight excluding hydrogens is 450 g/mol. The molecule has 0 saturated carbocycles. The van der Waals surface area contributed by atoms with Gasteiger partial charge < -0.3 is 4.90 Å². The maximum absolute atomic E-state index is 13.4. The molecule has 0 N–H and O–H groups in total. The first kappa shape index (κ1) is 24.3. The number of aryl methyl sites for hydroxylation is 1. The Morgan fingerprint density at radius 1 is 1.06 bits per heavy atom. The maximum Gasteiger partial charge on any atom is 0.274 e. The number of rotatable bonds is 4. The predicted octanol–water partition coefficient (Wildman–Crippen LogP) is 3.76. The van der Waals surface area contributed by atoms with E-state index in [-0.39, 0.29) is 35.3 Å². The molecule has 3 heterocycles. The number of piperazine rings is 1. The number of amides is 1. The Morgan fingerprint density at radius 2 is 1.74 bits per heavy atom. The molecule has 0 spiro atoms. The fourth-order valence-electron chi connectivity index (χ4n) is 4.33. The van der Waals surface area contributed by atoms with Crippen molar-refractivity contribution in [2.75, 3.05) is 26.2 Å². The SMILES string of the molecule is Cc1cnc2c(S(=O)(=O)N3CCN(C(=O)c4cc(C(C)C)n(C(C)(C)C)n4)CC3)cccc2c1. The summed E-state index contributed by atoms with van der Waals surface area (Å²) in [5.74, 6) is 0.0672. The highest BCUT2D eigenvalue weighted by Crippen LogP contribution is 2.27. The Balaban J connectivity index is 1.53. The minimum absolute atomic E-state index is 0.163. The summed E-state index contributed by atoms with van der Waals surface area (Å²) in [4.78, 5) is 19.5. The van der Waals surface area contributed by atoms with E-state index in [9.17, 15) is 13.2 Å². The molecule has 2 aromatic heterocycles. The van der Waals surface area contributed by atoms with E-state index in [0.717, 1.165) is 16.6 Å². The Kier molecular flexibility index (Phi) is 6.29. The van der Waals surface area contributed by atoms with Crippen molar-refractivity contribution in [2.24, 2.45) is 0 Å². The molecule has 182 valence electrons. The molecule has 34 heavy (non-hydrogen) atoms. The number of carbonyl (C=O) groups is 1. The number of nitrogens with zero attached hydrogens (tertiary/aromatic N) is 5. The van der Waals surface area contributed by atoms with Gasteiger partial charge >= 0.3 is 0 Å². The van der Waals surface area contributed by atoms with E-state index in [2.05, 4.69) is 44.7 Å². The van der Waals surface area contributed by atoms with Crippen molar-refractivity contribution in [3.63, 3.8) is 0 Å². The highest BCUT2D eigenvalue weighted by atomic mass is 32.2. The summed E-state index contributed by atoms with van der Waals surface area (Å²) >= 11 is 0. The summed E-state index contributed by atoms with van der Waals surface area (Å²) in [6.45, 7) is 13.4. The van der Waals surface area contributed by atoms with Gasteiger partial charge in [-0.3, -0.25) is 14.5 Å². The number of hydrogen-bond donors (Lipinski definition) is 0. The third-order valence-electron chi connectivity index (χ3n) is 6.14. The molecule has 0 unspecified atom stereocenters. The number of carbonyl (C=O) groups excluding carboxylic acids is 1. The summed E-state index contributed by atoms with van der Waals surface area (Å²) < 4.78 is 30.2. The van der Waals surface area contributed by atoms with E-state index in [1.54, 1.807) is 23.2 Å². The average molecular weight is 484 g/mol. The molecule has 1 aliphatic heterocycles. The zero-order chi connectivity index (χ0) is 24.8. The second kappa shape index (κ2) is 8.78. The van der Waals surface area contributed by atoms with E-state index in [0.29, 0.717) is 24.3 Å². The molecule has 3 aromatic rings. The molecule has 1 aliphatic rings. The van der Waals surface area contributed by atoms with Gasteiger partial charge in [-0.1, -0.05) is 26.0 Å². The standard InChI is InChI=1S/C25H33N5O3S/c1-17(2)21-15-20(27-30(21)25(4,5)6)24(31)28-10-12-29(13-11-28)34(32,33)22-9-7-8-19-14-18(3)16-26-23(19)22/h7-9,14-17H,10-13H2,1-6H3. The molecule has 0 atom stereocenters. The van der Waals surface area contributed by atoms with Crippen LogP contribution < -0.4 is 0 Å². The van der Waals surface area contributed by atoms with Crippen LogP contribution in [0.4, 0.5) is 0 Å². The fraction of sp³-hybridized carbons (Fsp3) is 0.480. The van der Waals surface area contributed by atoms with Gasteiger partial charge in [-0.05, 0) is 57.4 Å². The minimum Gasteiger partial charge on any atom is -0.335 e. The first-order chi connectivity index (χ1) is 15.9. The van der Waals surface area contributed by atoms with Gasteiger partial charge in [0, 0.05) is 43.5 Å². The molecular formula is C25H33N5O3S.